The number of nitrogen functional groups attached to an aromatic ring is 1. The van der Waals surface area contributed by atoms with Crippen molar-refractivity contribution in [3.8, 4) is 40.0 Å². The van der Waals surface area contributed by atoms with Gasteiger partial charge in [-0.15, -0.1) is 0 Å². The van der Waals surface area contributed by atoms with E-state index in [0.717, 1.165) is 22.4 Å². The molecule has 6 heteroatoms. The molecule has 0 spiro atoms. The zero-order chi connectivity index (χ0) is 20.3. The summed E-state index contributed by atoms with van der Waals surface area (Å²) < 4.78 is 10.8. The lowest BCUT2D eigenvalue weighted by molar-refractivity contribution is 0.404. The van der Waals surface area contributed by atoms with Crippen LogP contribution in [0.25, 0.3) is 22.4 Å². The summed E-state index contributed by atoms with van der Waals surface area (Å²) in [7, 11) is 7.16. The number of hydrogen-bond donors (Lipinski definition) is 1. The van der Waals surface area contributed by atoms with Crippen molar-refractivity contribution in [1.29, 1.82) is 5.26 Å². The summed E-state index contributed by atoms with van der Waals surface area (Å²) in [4.78, 5) is 6.46. The van der Waals surface area contributed by atoms with E-state index in [9.17, 15) is 5.26 Å². The van der Waals surface area contributed by atoms with Gasteiger partial charge in [0, 0.05) is 30.9 Å². The molecular formula is C22H22N4O2. The number of benzene rings is 2. The van der Waals surface area contributed by atoms with Crippen molar-refractivity contribution in [3.63, 3.8) is 0 Å². The molecule has 0 amide bonds. The van der Waals surface area contributed by atoms with Gasteiger partial charge in [-0.25, -0.2) is 4.98 Å². The largest absolute Gasteiger partial charge is 0.497 e. The fraction of sp³-hybridized carbons (Fsp3) is 0.182. The molecule has 0 atom stereocenters. The second-order valence-electron chi connectivity index (χ2n) is 6.43. The maximum Gasteiger partial charge on any atom is 0.142 e. The number of aromatic nitrogens is 1. The van der Waals surface area contributed by atoms with Gasteiger partial charge < -0.3 is 20.1 Å². The van der Waals surface area contributed by atoms with Gasteiger partial charge in [-0.2, -0.15) is 5.26 Å². The Hall–Kier alpha value is -3.72. The summed E-state index contributed by atoms with van der Waals surface area (Å²) in [6.45, 7) is 0. The molecule has 0 unspecified atom stereocenters. The molecule has 0 aliphatic rings. The molecule has 1 aromatic heterocycles. The van der Waals surface area contributed by atoms with Crippen molar-refractivity contribution in [2.24, 2.45) is 0 Å². The third-order valence-electron chi connectivity index (χ3n) is 4.54. The Morgan fingerprint density at radius 2 is 1.68 bits per heavy atom. The minimum absolute atomic E-state index is 0.177. The van der Waals surface area contributed by atoms with Gasteiger partial charge in [0.25, 0.3) is 0 Å². The van der Waals surface area contributed by atoms with Crippen molar-refractivity contribution in [3.05, 3.63) is 54.1 Å². The molecule has 2 N–H and O–H groups in total. The molecule has 0 bridgehead atoms. The van der Waals surface area contributed by atoms with E-state index in [1.807, 2.05) is 67.5 Å². The molecule has 3 aromatic rings. The Labute approximate surface area is 164 Å². The summed E-state index contributed by atoms with van der Waals surface area (Å²) in [5.74, 6) is 1.50. The number of anilines is 2. The van der Waals surface area contributed by atoms with Gasteiger partial charge in [-0.3, -0.25) is 0 Å². The zero-order valence-corrected chi connectivity index (χ0v) is 16.4. The van der Waals surface area contributed by atoms with E-state index in [-0.39, 0.29) is 5.82 Å². The summed E-state index contributed by atoms with van der Waals surface area (Å²) in [5.41, 5.74) is 10.5. The highest BCUT2D eigenvalue weighted by molar-refractivity contribution is 5.82. The van der Waals surface area contributed by atoms with Crippen LogP contribution in [0.15, 0.2) is 48.5 Å². The van der Waals surface area contributed by atoms with Crippen molar-refractivity contribution < 1.29 is 9.47 Å². The van der Waals surface area contributed by atoms with Crippen LogP contribution in [-0.4, -0.2) is 33.3 Å². The van der Waals surface area contributed by atoms with E-state index in [1.54, 1.807) is 14.2 Å². The van der Waals surface area contributed by atoms with Gasteiger partial charge >= 0.3 is 0 Å². The Morgan fingerprint density at radius 1 is 0.964 bits per heavy atom. The molecule has 0 saturated carbocycles. The summed E-state index contributed by atoms with van der Waals surface area (Å²) >= 11 is 0. The average Bonchev–Trinajstić information content (AvgIpc) is 2.72. The average molecular weight is 374 g/mol. The predicted octanol–water partition coefficient (Wildman–Crippen LogP) is 3.95. The van der Waals surface area contributed by atoms with Crippen molar-refractivity contribution in [2.45, 2.75) is 0 Å². The smallest absolute Gasteiger partial charge is 0.142 e. The van der Waals surface area contributed by atoms with Crippen LogP contribution in [0.5, 0.6) is 11.5 Å². The van der Waals surface area contributed by atoms with Gasteiger partial charge in [0.05, 0.1) is 19.9 Å². The van der Waals surface area contributed by atoms with Crippen LogP contribution in [0.4, 0.5) is 11.5 Å². The molecular weight excluding hydrogens is 352 g/mol. The lowest BCUT2D eigenvalue weighted by Crippen LogP contribution is -2.08. The quantitative estimate of drug-likeness (QED) is 0.728. The van der Waals surface area contributed by atoms with Gasteiger partial charge in [0.2, 0.25) is 0 Å². The number of nitrogens with zero attached hydrogens (tertiary/aromatic N) is 3. The number of rotatable bonds is 5. The Kier molecular flexibility index (Phi) is 5.37. The number of ether oxygens (including phenoxy) is 2. The monoisotopic (exact) mass is 374 g/mol. The third kappa shape index (κ3) is 3.55. The Morgan fingerprint density at radius 3 is 2.25 bits per heavy atom. The number of hydrogen-bond acceptors (Lipinski definition) is 6. The number of pyridine rings is 1. The minimum atomic E-state index is 0.177. The van der Waals surface area contributed by atoms with Crippen LogP contribution in [0.3, 0.4) is 0 Å². The summed E-state index contributed by atoms with van der Waals surface area (Å²) in [6, 6.07) is 17.4. The first-order valence-electron chi connectivity index (χ1n) is 8.69. The van der Waals surface area contributed by atoms with Gasteiger partial charge in [0.1, 0.15) is 28.9 Å². The molecule has 142 valence electrons. The van der Waals surface area contributed by atoms with E-state index >= 15 is 0 Å². The second-order valence-corrected chi connectivity index (χ2v) is 6.43. The van der Waals surface area contributed by atoms with Crippen LogP contribution < -0.4 is 20.1 Å². The lowest BCUT2D eigenvalue weighted by Gasteiger charge is -2.15. The van der Waals surface area contributed by atoms with E-state index in [1.165, 1.54) is 0 Å². The van der Waals surface area contributed by atoms with Crippen molar-refractivity contribution in [1.82, 2.24) is 4.98 Å². The molecule has 0 aliphatic carbocycles. The maximum absolute atomic E-state index is 9.62. The molecule has 2 aromatic carbocycles. The molecule has 28 heavy (non-hydrogen) atoms. The van der Waals surface area contributed by atoms with Gasteiger partial charge in [0.15, 0.2) is 0 Å². The Balaban J connectivity index is 2.20. The van der Waals surface area contributed by atoms with Crippen LogP contribution in [-0.2, 0) is 0 Å². The standard InChI is InChI=1S/C22H22N4O2/c1-26(2)15-7-5-14(6-8-15)17-12-20(25-22(24)19(17)13-23)18-11-16(27-3)9-10-21(18)28-4/h5-12H,1-4H3,(H2,24,25). The molecule has 1 heterocycles. The fourth-order valence-electron chi connectivity index (χ4n) is 3.00. The first-order valence-corrected chi connectivity index (χ1v) is 8.69. The number of nitriles is 1. The van der Waals surface area contributed by atoms with Crippen LogP contribution in [0.2, 0.25) is 0 Å². The first-order chi connectivity index (χ1) is 13.5. The fourth-order valence-corrected chi connectivity index (χ4v) is 3.00. The summed E-state index contributed by atoms with van der Waals surface area (Å²) in [5, 5.41) is 9.62. The number of nitrogens with two attached hydrogens (primary N) is 1. The van der Waals surface area contributed by atoms with Crippen molar-refractivity contribution >= 4 is 11.5 Å². The lowest BCUT2D eigenvalue weighted by atomic mass is 9.98. The number of methoxy groups -OCH3 is 2. The Bertz CT molecular complexity index is 1040. The third-order valence-corrected chi connectivity index (χ3v) is 4.54. The zero-order valence-electron chi connectivity index (χ0n) is 16.4. The molecule has 0 fully saturated rings. The summed E-state index contributed by atoms with van der Waals surface area (Å²) in [6.07, 6.45) is 0. The molecule has 6 nitrogen and oxygen atoms in total. The van der Waals surface area contributed by atoms with Crippen molar-refractivity contribution in [2.75, 3.05) is 38.9 Å². The highest BCUT2D eigenvalue weighted by Crippen LogP contribution is 2.37. The van der Waals surface area contributed by atoms with E-state index < -0.39 is 0 Å². The van der Waals surface area contributed by atoms with Crippen LogP contribution in [0, 0.1) is 11.3 Å². The minimum Gasteiger partial charge on any atom is -0.497 e. The molecule has 0 saturated heterocycles. The normalized spacial score (nSPS) is 10.2. The topological polar surface area (TPSA) is 84.4 Å². The SMILES string of the molecule is COc1ccc(OC)c(-c2cc(-c3ccc(N(C)C)cc3)c(C#N)c(N)n2)c1. The van der Waals surface area contributed by atoms with Gasteiger partial charge in [-0.1, -0.05) is 12.1 Å². The highest BCUT2D eigenvalue weighted by Gasteiger charge is 2.16. The van der Waals surface area contributed by atoms with E-state index in [2.05, 4.69) is 11.1 Å². The molecule has 0 radical (unpaired) electrons. The molecule has 3 rings (SSSR count). The van der Waals surface area contributed by atoms with Crippen LogP contribution >= 0.6 is 0 Å². The molecule has 0 aliphatic heterocycles. The highest BCUT2D eigenvalue weighted by atomic mass is 16.5. The second kappa shape index (κ2) is 7.89. The van der Waals surface area contributed by atoms with E-state index in [0.29, 0.717) is 22.8 Å². The van der Waals surface area contributed by atoms with Crippen LogP contribution in [0.1, 0.15) is 5.56 Å². The van der Waals surface area contributed by atoms with Gasteiger partial charge in [-0.05, 0) is 42.0 Å². The maximum atomic E-state index is 9.62. The predicted molar refractivity (Wildman–Crippen MR) is 112 cm³/mol. The van der Waals surface area contributed by atoms with E-state index in [4.69, 9.17) is 15.2 Å². The first kappa shape index (κ1) is 19.1.